The molecule has 1 amide bonds. The molecule has 8 heteroatoms. The third kappa shape index (κ3) is 6.10. The van der Waals surface area contributed by atoms with Crippen molar-refractivity contribution < 1.29 is 23.1 Å². The van der Waals surface area contributed by atoms with Crippen molar-refractivity contribution in [3.8, 4) is 5.75 Å². The van der Waals surface area contributed by atoms with Crippen molar-refractivity contribution in [1.29, 1.82) is 0 Å². The van der Waals surface area contributed by atoms with E-state index in [4.69, 9.17) is 4.74 Å². The van der Waals surface area contributed by atoms with Gasteiger partial charge in [0.15, 0.2) is 0 Å². The fourth-order valence-electron chi connectivity index (χ4n) is 2.45. The molecule has 2 rings (SSSR count). The first-order chi connectivity index (χ1) is 11.5. The number of rotatable bonds is 8. The van der Waals surface area contributed by atoms with Crippen LogP contribution in [0.2, 0.25) is 0 Å². The molecule has 0 spiro atoms. The largest absolute Gasteiger partial charge is 0.508 e. The van der Waals surface area contributed by atoms with E-state index in [0.717, 1.165) is 18.4 Å². The standard InChI is InChI=1S/C16H24N2O5S/c19-15-5-3-14(4-6-15)2-1-8-17-16(20)7-13-24(21,22)18-9-11-23-12-10-18/h3-6,19H,1-2,7-13H2,(H,17,20). The highest BCUT2D eigenvalue weighted by atomic mass is 32.2. The van der Waals surface area contributed by atoms with E-state index in [1.807, 2.05) is 12.1 Å². The highest BCUT2D eigenvalue weighted by molar-refractivity contribution is 7.89. The van der Waals surface area contributed by atoms with Crippen LogP contribution in [0.25, 0.3) is 0 Å². The molecule has 2 N–H and O–H groups in total. The van der Waals surface area contributed by atoms with Crippen LogP contribution in [0.3, 0.4) is 0 Å². The number of phenolic OH excluding ortho intramolecular Hbond substituents is 1. The van der Waals surface area contributed by atoms with Crippen LogP contribution in [0.1, 0.15) is 18.4 Å². The Morgan fingerprint density at radius 3 is 2.54 bits per heavy atom. The van der Waals surface area contributed by atoms with E-state index >= 15 is 0 Å². The molecule has 7 nitrogen and oxygen atoms in total. The molecule has 0 unspecified atom stereocenters. The van der Waals surface area contributed by atoms with Crippen LogP contribution in [0, 0.1) is 0 Å². The van der Waals surface area contributed by atoms with Crippen LogP contribution in [0.4, 0.5) is 0 Å². The van der Waals surface area contributed by atoms with Gasteiger partial charge in [-0.15, -0.1) is 0 Å². The molecule has 0 aliphatic carbocycles. The number of sulfonamides is 1. The SMILES string of the molecule is O=C(CCS(=O)(=O)N1CCOCC1)NCCCc1ccc(O)cc1. The third-order valence-electron chi connectivity index (χ3n) is 3.85. The number of carbonyl (C=O) groups is 1. The van der Waals surface area contributed by atoms with Crippen LogP contribution in [0.15, 0.2) is 24.3 Å². The number of amides is 1. The monoisotopic (exact) mass is 356 g/mol. The van der Waals surface area contributed by atoms with Crippen molar-refractivity contribution in [2.24, 2.45) is 0 Å². The zero-order valence-electron chi connectivity index (χ0n) is 13.6. The summed E-state index contributed by atoms with van der Waals surface area (Å²) in [6.07, 6.45) is 1.51. The maximum Gasteiger partial charge on any atom is 0.221 e. The molecular formula is C16H24N2O5S. The second-order valence-electron chi connectivity index (χ2n) is 5.70. The first-order valence-corrected chi connectivity index (χ1v) is 9.68. The lowest BCUT2D eigenvalue weighted by molar-refractivity contribution is -0.120. The summed E-state index contributed by atoms with van der Waals surface area (Å²) < 4.78 is 30.7. The van der Waals surface area contributed by atoms with Gasteiger partial charge < -0.3 is 15.2 Å². The smallest absolute Gasteiger partial charge is 0.221 e. The van der Waals surface area contributed by atoms with Crippen LogP contribution in [-0.4, -0.2) is 62.3 Å². The minimum Gasteiger partial charge on any atom is -0.508 e. The minimum atomic E-state index is -3.39. The molecule has 0 atom stereocenters. The fraction of sp³-hybridized carbons (Fsp3) is 0.562. The summed E-state index contributed by atoms with van der Waals surface area (Å²) in [6, 6.07) is 6.94. The van der Waals surface area contributed by atoms with Gasteiger partial charge in [-0.3, -0.25) is 4.79 Å². The molecule has 0 bridgehead atoms. The van der Waals surface area contributed by atoms with Crippen LogP contribution < -0.4 is 5.32 Å². The second-order valence-corrected chi connectivity index (χ2v) is 7.79. The van der Waals surface area contributed by atoms with Crippen molar-refractivity contribution in [3.63, 3.8) is 0 Å². The predicted molar refractivity (Wildman–Crippen MR) is 90.2 cm³/mol. The molecule has 0 radical (unpaired) electrons. The summed E-state index contributed by atoms with van der Waals surface area (Å²) in [7, 11) is -3.39. The lowest BCUT2D eigenvalue weighted by Crippen LogP contribution is -2.42. The first-order valence-electron chi connectivity index (χ1n) is 8.07. The molecule has 1 aromatic rings. The number of nitrogens with zero attached hydrogens (tertiary/aromatic N) is 1. The van der Waals surface area contributed by atoms with E-state index in [1.54, 1.807) is 12.1 Å². The van der Waals surface area contributed by atoms with Gasteiger partial charge in [0.05, 0.1) is 19.0 Å². The summed E-state index contributed by atoms with van der Waals surface area (Å²) in [5.41, 5.74) is 1.08. The number of nitrogens with one attached hydrogen (secondary N) is 1. The lowest BCUT2D eigenvalue weighted by Gasteiger charge is -2.25. The van der Waals surface area contributed by atoms with Gasteiger partial charge in [0, 0.05) is 26.1 Å². The Hall–Kier alpha value is -1.64. The van der Waals surface area contributed by atoms with Gasteiger partial charge in [-0.2, -0.15) is 4.31 Å². The minimum absolute atomic E-state index is 0.0289. The van der Waals surface area contributed by atoms with Gasteiger partial charge in [-0.05, 0) is 30.5 Å². The molecule has 24 heavy (non-hydrogen) atoms. The highest BCUT2D eigenvalue weighted by Gasteiger charge is 2.24. The van der Waals surface area contributed by atoms with E-state index in [2.05, 4.69) is 5.32 Å². The maximum atomic E-state index is 12.1. The van der Waals surface area contributed by atoms with Gasteiger partial charge in [0.25, 0.3) is 0 Å². The third-order valence-corrected chi connectivity index (χ3v) is 5.72. The van der Waals surface area contributed by atoms with E-state index in [0.29, 0.717) is 32.8 Å². The number of aryl methyl sites for hydroxylation is 1. The molecule has 1 aliphatic heterocycles. The Kier molecular flexibility index (Phi) is 7.01. The number of phenols is 1. The average molecular weight is 356 g/mol. The topological polar surface area (TPSA) is 95.9 Å². The lowest BCUT2D eigenvalue weighted by atomic mass is 10.1. The van der Waals surface area contributed by atoms with E-state index in [9.17, 15) is 18.3 Å². The van der Waals surface area contributed by atoms with E-state index in [1.165, 1.54) is 4.31 Å². The zero-order chi connectivity index (χ0) is 17.4. The van der Waals surface area contributed by atoms with Crippen molar-refractivity contribution in [1.82, 2.24) is 9.62 Å². The fourth-order valence-corrected chi connectivity index (χ4v) is 3.85. The molecule has 134 valence electrons. The van der Waals surface area contributed by atoms with E-state index in [-0.39, 0.29) is 23.8 Å². The quantitative estimate of drug-likeness (QED) is 0.661. The molecule has 1 saturated heterocycles. The summed E-state index contributed by atoms with van der Waals surface area (Å²) in [5.74, 6) is -0.192. The number of morpholine rings is 1. The molecule has 1 aromatic carbocycles. The number of ether oxygens (including phenoxy) is 1. The van der Waals surface area contributed by atoms with E-state index < -0.39 is 10.0 Å². The molecule has 1 heterocycles. The molecule has 0 aromatic heterocycles. The average Bonchev–Trinajstić information content (AvgIpc) is 2.59. The van der Waals surface area contributed by atoms with Crippen molar-refractivity contribution in [2.45, 2.75) is 19.3 Å². The summed E-state index contributed by atoms with van der Waals surface area (Å²) in [6.45, 7) is 2.02. The number of carbonyl (C=O) groups excluding carboxylic acids is 1. The van der Waals surface area contributed by atoms with Gasteiger partial charge in [0.2, 0.25) is 15.9 Å². The first kappa shape index (κ1) is 18.7. The number of hydrogen-bond acceptors (Lipinski definition) is 5. The Labute approximate surface area is 142 Å². The number of benzene rings is 1. The van der Waals surface area contributed by atoms with Crippen molar-refractivity contribution >= 4 is 15.9 Å². The Balaban J connectivity index is 1.63. The van der Waals surface area contributed by atoms with Crippen molar-refractivity contribution in [2.75, 3.05) is 38.6 Å². The predicted octanol–water partition coefficient (Wildman–Crippen LogP) is 0.493. The normalized spacial score (nSPS) is 16.0. The maximum absolute atomic E-state index is 12.1. The van der Waals surface area contributed by atoms with Crippen LogP contribution in [0.5, 0.6) is 5.75 Å². The molecule has 1 fully saturated rings. The Morgan fingerprint density at radius 1 is 1.21 bits per heavy atom. The Morgan fingerprint density at radius 2 is 1.88 bits per heavy atom. The molecule has 1 aliphatic rings. The second kappa shape index (κ2) is 9.00. The molecular weight excluding hydrogens is 332 g/mol. The summed E-state index contributed by atoms with van der Waals surface area (Å²) in [5, 5.41) is 11.9. The summed E-state index contributed by atoms with van der Waals surface area (Å²) >= 11 is 0. The van der Waals surface area contributed by atoms with Gasteiger partial charge in [-0.1, -0.05) is 12.1 Å². The zero-order valence-corrected chi connectivity index (χ0v) is 14.4. The van der Waals surface area contributed by atoms with Crippen LogP contribution >= 0.6 is 0 Å². The van der Waals surface area contributed by atoms with Gasteiger partial charge in [-0.25, -0.2) is 8.42 Å². The van der Waals surface area contributed by atoms with Gasteiger partial charge >= 0.3 is 0 Å². The summed E-state index contributed by atoms with van der Waals surface area (Å²) in [4.78, 5) is 11.8. The Bertz CT molecular complexity index is 624. The number of hydrogen-bond donors (Lipinski definition) is 2. The number of aromatic hydroxyl groups is 1. The van der Waals surface area contributed by atoms with Gasteiger partial charge in [0.1, 0.15) is 5.75 Å². The molecule has 0 saturated carbocycles. The van der Waals surface area contributed by atoms with Crippen molar-refractivity contribution in [3.05, 3.63) is 29.8 Å². The highest BCUT2D eigenvalue weighted by Crippen LogP contribution is 2.11. The van der Waals surface area contributed by atoms with Crippen LogP contribution in [-0.2, 0) is 26.0 Å².